The smallest absolute Gasteiger partial charge is 0.294 e. The number of hydrogen-bond donors (Lipinski definition) is 1. The van der Waals surface area contributed by atoms with Crippen molar-refractivity contribution in [3.63, 3.8) is 0 Å². The van der Waals surface area contributed by atoms with Gasteiger partial charge < -0.3 is 14.6 Å². The summed E-state index contributed by atoms with van der Waals surface area (Å²) in [6, 6.07) is 3.64. The maximum absolute atomic E-state index is 6.08. The van der Waals surface area contributed by atoms with E-state index in [-0.39, 0.29) is 5.41 Å². The molecule has 4 aromatic heterocycles. The molecule has 5 rings (SSSR count). The molecule has 0 bridgehead atoms. The Balaban J connectivity index is 1.31. The summed E-state index contributed by atoms with van der Waals surface area (Å²) >= 11 is 7.29. The summed E-state index contributed by atoms with van der Waals surface area (Å²) in [5, 5.41) is 16.8. The van der Waals surface area contributed by atoms with Gasteiger partial charge in [0.25, 0.3) is 5.19 Å². The molecule has 1 aliphatic heterocycles. The second-order valence-corrected chi connectivity index (χ2v) is 9.74. The summed E-state index contributed by atoms with van der Waals surface area (Å²) < 4.78 is 13.4. The second-order valence-electron chi connectivity index (χ2n) is 8.43. The van der Waals surface area contributed by atoms with E-state index in [4.69, 9.17) is 20.9 Å². The van der Waals surface area contributed by atoms with Crippen molar-refractivity contribution < 1.29 is 9.26 Å². The summed E-state index contributed by atoms with van der Waals surface area (Å²) in [5.74, 6) is 1.73. The second kappa shape index (κ2) is 8.76. The third-order valence-corrected chi connectivity index (χ3v) is 7.36. The van der Waals surface area contributed by atoms with Crippen LogP contribution in [0.4, 0.5) is 0 Å². The fraction of sp³-hybridized carbons (Fsp3) is 0.476. The van der Waals surface area contributed by atoms with E-state index in [2.05, 4.69) is 44.6 Å². The molecule has 0 amide bonds. The summed E-state index contributed by atoms with van der Waals surface area (Å²) in [6.07, 6.45) is 7.08. The van der Waals surface area contributed by atoms with Gasteiger partial charge in [-0.25, -0.2) is 14.5 Å². The van der Waals surface area contributed by atoms with E-state index in [1.54, 1.807) is 23.0 Å². The SMILES string of the molecule is CC(C)C1CNCCC1(CCOc1nn2cc(-c3ccc(Cl)nc3)nc2s1)c1cnno1. The Morgan fingerprint density at radius 3 is 3.00 bits per heavy atom. The van der Waals surface area contributed by atoms with Gasteiger partial charge >= 0.3 is 0 Å². The molecule has 11 heteroatoms. The lowest BCUT2D eigenvalue weighted by atomic mass is 9.63. The number of pyridine rings is 1. The molecular weight excluding hydrogens is 450 g/mol. The summed E-state index contributed by atoms with van der Waals surface area (Å²) in [4.78, 5) is 9.51. The molecule has 2 unspecified atom stereocenters. The molecule has 4 aromatic rings. The van der Waals surface area contributed by atoms with Crippen LogP contribution in [0.3, 0.4) is 0 Å². The molecular formula is C21H24ClN7O2S. The molecule has 0 aromatic carbocycles. The van der Waals surface area contributed by atoms with Gasteiger partial charge in [-0.3, -0.25) is 0 Å². The number of halogens is 1. The van der Waals surface area contributed by atoms with E-state index >= 15 is 0 Å². The standard InChI is InChI=1S/C21H24ClN7O2S/c1-13(2)15-10-23-7-5-21(15,17-11-25-28-31-17)6-8-30-20-27-29-12-16(26-19(29)32-20)14-3-4-18(22)24-9-14/h3-4,9,11-13,15,23H,5-8,10H2,1-2H3. The van der Waals surface area contributed by atoms with Crippen molar-refractivity contribution in [2.75, 3.05) is 19.7 Å². The Morgan fingerprint density at radius 1 is 1.38 bits per heavy atom. The third-order valence-electron chi connectivity index (χ3n) is 6.30. The van der Waals surface area contributed by atoms with Crippen LogP contribution in [0, 0.1) is 11.8 Å². The number of nitrogens with zero attached hydrogens (tertiary/aromatic N) is 6. The zero-order chi connectivity index (χ0) is 22.1. The van der Waals surface area contributed by atoms with Crippen LogP contribution in [0.5, 0.6) is 5.19 Å². The molecule has 1 fully saturated rings. The maximum atomic E-state index is 6.08. The van der Waals surface area contributed by atoms with E-state index in [1.807, 2.05) is 12.3 Å². The average Bonchev–Trinajstić information content (AvgIpc) is 3.51. The lowest BCUT2D eigenvalue weighted by molar-refractivity contribution is 0.0900. The number of aromatic nitrogens is 6. The Bertz CT molecular complexity index is 1140. The monoisotopic (exact) mass is 473 g/mol. The van der Waals surface area contributed by atoms with Crippen LogP contribution in [0.1, 0.15) is 32.4 Å². The van der Waals surface area contributed by atoms with Crippen LogP contribution in [-0.2, 0) is 5.41 Å². The van der Waals surface area contributed by atoms with Crippen molar-refractivity contribution in [3.05, 3.63) is 41.6 Å². The van der Waals surface area contributed by atoms with Crippen LogP contribution >= 0.6 is 22.9 Å². The fourth-order valence-electron chi connectivity index (χ4n) is 4.68. The minimum Gasteiger partial charge on any atom is -0.469 e. The molecule has 1 aliphatic rings. The van der Waals surface area contributed by atoms with Crippen LogP contribution in [0.15, 0.2) is 35.2 Å². The number of imidazole rings is 1. The molecule has 9 nitrogen and oxygen atoms in total. The van der Waals surface area contributed by atoms with Gasteiger partial charge in [0.15, 0.2) is 5.76 Å². The van der Waals surface area contributed by atoms with E-state index in [0.29, 0.717) is 28.8 Å². The lowest BCUT2D eigenvalue weighted by Gasteiger charge is -2.44. The summed E-state index contributed by atoms with van der Waals surface area (Å²) in [6.45, 7) is 6.89. The zero-order valence-corrected chi connectivity index (χ0v) is 19.4. The van der Waals surface area contributed by atoms with Crippen molar-refractivity contribution in [2.24, 2.45) is 11.8 Å². The van der Waals surface area contributed by atoms with Gasteiger partial charge in [0.1, 0.15) is 5.15 Å². The largest absolute Gasteiger partial charge is 0.469 e. The summed E-state index contributed by atoms with van der Waals surface area (Å²) in [7, 11) is 0. The predicted octanol–water partition coefficient (Wildman–Crippen LogP) is 3.86. The number of ether oxygens (including phenoxy) is 1. The molecule has 32 heavy (non-hydrogen) atoms. The highest BCUT2D eigenvalue weighted by Crippen LogP contribution is 2.44. The van der Waals surface area contributed by atoms with Gasteiger partial charge in [-0.15, -0.1) is 10.2 Å². The van der Waals surface area contributed by atoms with Crippen molar-refractivity contribution in [3.8, 4) is 16.5 Å². The quantitative estimate of drug-likeness (QED) is 0.403. The van der Waals surface area contributed by atoms with Crippen LogP contribution in [0.25, 0.3) is 16.2 Å². The van der Waals surface area contributed by atoms with Crippen LogP contribution in [0.2, 0.25) is 5.15 Å². The first kappa shape index (κ1) is 21.3. The first-order valence-electron chi connectivity index (χ1n) is 10.6. The maximum Gasteiger partial charge on any atom is 0.294 e. The summed E-state index contributed by atoms with van der Waals surface area (Å²) in [5.41, 5.74) is 1.53. The van der Waals surface area contributed by atoms with Gasteiger partial charge in [-0.2, -0.15) is 0 Å². The first-order valence-corrected chi connectivity index (χ1v) is 11.8. The van der Waals surface area contributed by atoms with Crippen molar-refractivity contribution in [1.82, 2.24) is 35.3 Å². The molecule has 168 valence electrons. The average molecular weight is 474 g/mol. The van der Waals surface area contributed by atoms with E-state index in [0.717, 1.165) is 47.9 Å². The Hall–Kier alpha value is -2.56. The van der Waals surface area contributed by atoms with E-state index < -0.39 is 0 Å². The van der Waals surface area contributed by atoms with Crippen molar-refractivity contribution >= 4 is 27.9 Å². The fourth-order valence-corrected chi connectivity index (χ4v) is 5.55. The molecule has 1 N–H and O–H groups in total. The van der Waals surface area contributed by atoms with E-state index in [1.165, 1.54) is 11.3 Å². The van der Waals surface area contributed by atoms with Gasteiger partial charge in [0.05, 0.1) is 24.7 Å². The molecule has 5 heterocycles. The number of nitrogens with one attached hydrogen (secondary N) is 1. The number of rotatable bonds is 7. The van der Waals surface area contributed by atoms with Gasteiger partial charge in [0.2, 0.25) is 4.96 Å². The number of hydrogen-bond acceptors (Lipinski definition) is 9. The van der Waals surface area contributed by atoms with Crippen LogP contribution in [-0.4, -0.2) is 49.6 Å². The Labute approximate surface area is 194 Å². The molecule has 2 atom stereocenters. The molecule has 0 spiro atoms. The predicted molar refractivity (Wildman–Crippen MR) is 121 cm³/mol. The third kappa shape index (κ3) is 3.98. The highest BCUT2D eigenvalue weighted by atomic mass is 35.5. The van der Waals surface area contributed by atoms with Gasteiger partial charge in [-0.05, 0) is 61.2 Å². The van der Waals surface area contributed by atoms with Gasteiger partial charge in [0, 0.05) is 22.4 Å². The van der Waals surface area contributed by atoms with E-state index in [9.17, 15) is 0 Å². The highest BCUT2D eigenvalue weighted by molar-refractivity contribution is 7.18. The molecule has 0 radical (unpaired) electrons. The zero-order valence-electron chi connectivity index (χ0n) is 17.9. The molecule has 0 aliphatic carbocycles. The van der Waals surface area contributed by atoms with Crippen LogP contribution < -0.4 is 10.1 Å². The minimum atomic E-state index is -0.158. The minimum absolute atomic E-state index is 0.158. The number of fused-ring (bicyclic) bond motifs is 1. The molecule has 1 saturated heterocycles. The first-order chi connectivity index (χ1) is 15.5. The Morgan fingerprint density at radius 2 is 2.28 bits per heavy atom. The van der Waals surface area contributed by atoms with Crippen molar-refractivity contribution in [2.45, 2.75) is 32.1 Å². The van der Waals surface area contributed by atoms with Gasteiger partial charge in [-0.1, -0.05) is 25.4 Å². The molecule has 0 saturated carbocycles. The number of piperidine rings is 1. The Kier molecular flexibility index (Phi) is 5.83. The lowest BCUT2D eigenvalue weighted by Crippen LogP contribution is -2.50. The normalized spacial score (nSPS) is 21.4. The topological polar surface area (TPSA) is 103 Å². The highest BCUT2D eigenvalue weighted by Gasteiger charge is 2.46. The van der Waals surface area contributed by atoms with Crippen molar-refractivity contribution in [1.29, 1.82) is 0 Å².